The first-order valence-corrected chi connectivity index (χ1v) is 8.18. The van der Waals surface area contributed by atoms with Crippen molar-refractivity contribution in [3.63, 3.8) is 0 Å². The summed E-state index contributed by atoms with van der Waals surface area (Å²) in [6, 6.07) is 9.86. The largest absolute Gasteiger partial charge is 0.450 e. The molecule has 1 aliphatic rings. The van der Waals surface area contributed by atoms with E-state index in [1.807, 2.05) is 19.1 Å². The summed E-state index contributed by atoms with van der Waals surface area (Å²) in [5.41, 5.74) is 1.71. The van der Waals surface area contributed by atoms with Crippen molar-refractivity contribution in [3.8, 4) is 0 Å². The Morgan fingerprint density at radius 1 is 1.24 bits per heavy atom. The normalized spacial score (nSPS) is 15.6. The monoisotopic (exact) mass is 403 g/mol. The Labute approximate surface area is 151 Å². The fraction of sp³-hybridized carbons (Fsp3) is 0.118. The SMILES string of the molecule is Cc1ccc(NC(=O)CN2C(=O)N/C(=C/c3ccc(Br)o3)C2=O)cc1. The molecule has 2 N–H and O–H groups in total. The summed E-state index contributed by atoms with van der Waals surface area (Å²) in [6.07, 6.45) is 1.41. The average molecular weight is 404 g/mol. The van der Waals surface area contributed by atoms with Crippen LogP contribution in [0, 0.1) is 6.92 Å². The minimum Gasteiger partial charge on any atom is -0.450 e. The topological polar surface area (TPSA) is 91.7 Å². The molecule has 0 aliphatic carbocycles. The molecule has 1 fully saturated rings. The number of carbonyl (C=O) groups is 3. The van der Waals surface area contributed by atoms with E-state index in [0.717, 1.165) is 10.5 Å². The summed E-state index contributed by atoms with van der Waals surface area (Å²) >= 11 is 3.16. The van der Waals surface area contributed by atoms with Crippen molar-refractivity contribution in [2.75, 3.05) is 11.9 Å². The summed E-state index contributed by atoms with van der Waals surface area (Å²) < 4.78 is 5.78. The van der Waals surface area contributed by atoms with Crippen LogP contribution in [-0.4, -0.2) is 29.3 Å². The lowest BCUT2D eigenvalue weighted by molar-refractivity contribution is -0.127. The van der Waals surface area contributed by atoms with Crippen LogP contribution in [-0.2, 0) is 9.59 Å². The molecule has 1 aliphatic heterocycles. The molecule has 8 heteroatoms. The second kappa shape index (κ2) is 6.94. The van der Waals surface area contributed by atoms with E-state index in [4.69, 9.17) is 4.42 Å². The van der Waals surface area contributed by atoms with Crippen LogP contribution >= 0.6 is 15.9 Å². The van der Waals surface area contributed by atoms with Gasteiger partial charge in [-0.2, -0.15) is 0 Å². The van der Waals surface area contributed by atoms with Crippen LogP contribution in [0.25, 0.3) is 6.08 Å². The number of benzene rings is 1. The quantitative estimate of drug-likeness (QED) is 0.606. The molecule has 25 heavy (non-hydrogen) atoms. The van der Waals surface area contributed by atoms with Crippen LogP contribution in [0.3, 0.4) is 0 Å². The van der Waals surface area contributed by atoms with Gasteiger partial charge in [0.05, 0.1) is 0 Å². The Bertz CT molecular complexity index is 870. The molecule has 2 heterocycles. The van der Waals surface area contributed by atoms with Crippen molar-refractivity contribution in [2.24, 2.45) is 0 Å². The zero-order valence-electron chi connectivity index (χ0n) is 13.2. The van der Waals surface area contributed by atoms with Crippen molar-refractivity contribution in [1.29, 1.82) is 0 Å². The maximum atomic E-state index is 12.3. The summed E-state index contributed by atoms with van der Waals surface area (Å²) in [4.78, 5) is 37.2. The van der Waals surface area contributed by atoms with Gasteiger partial charge >= 0.3 is 6.03 Å². The Morgan fingerprint density at radius 3 is 2.60 bits per heavy atom. The van der Waals surface area contributed by atoms with Gasteiger partial charge in [-0.05, 0) is 47.1 Å². The molecule has 2 aromatic rings. The van der Waals surface area contributed by atoms with E-state index < -0.39 is 17.8 Å². The zero-order valence-corrected chi connectivity index (χ0v) is 14.8. The molecule has 1 aromatic carbocycles. The first-order chi connectivity index (χ1) is 11.9. The first-order valence-electron chi connectivity index (χ1n) is 7.39. The van der Waals surface area contributed by atoms with Crippen LogP contribution < -0.4 is 10.6 Å². The molecule has 0 atom stereocenters. The third kappa shape index (κ3) is 3.97. The van der Waals surface area contributed by atoms with Crippen LogP contribution in [0.15, 0.2) is 51.2 Å². The predicted octanol–water partition coefficient (Wildman–Crippen LogP) is 2.88. The average Bonchev–Trinajstić information content (AvgIpc) is 3.08. The molecule has 0 unspecified atom stereocenters. The van der Waals surface area contributed by atoms with Gasteiger partial charge in [-0.1, -0.05) is 17.7 Å². The number of nitrogens with zero attached hydrogens (tertiary/aromatic N) is 1. The lowest BCUT2D eigenvalue weighted by atomic mass is 10.2. The summed E-state index contributed by atoms with van der Waals surface area (Å²) in [6.45, 7) is 1.56. The van der Waals surface area contributed by atoms with E-state index in [0.29, 0.717) is 16.1 Å². The van der Waals surface area contributed by atoms with Gasteiger partial charge < -0.3 is 15.1 Å². The van der Waals surface area contributed by atoms with E-state index in [1.54, 1.807) is 24.3 Å². The lowest BCUT2D eigenvalue weighted by Crippen LogP contribution is -2.38. The smallest absolute Gasteiger partial charge is 0.329 e. The molecule has 0 bridgehead atoms. The second-order valence-electron chi connectivity index (χ2n) is 5.44. The number of nitrogens with one attached hydrogen (secondary N) is 2. The Balaban J connectivity index is 1.67. The highest BCUT2D eigenvalue weighted by Crippen LogP contribution is 2.19. The van der Waals surface area contributed by atoms with Gasteiger partial charge in [0.15, 0.2) is 4.67 Å². The minimum absolute atomic E-state index is 0.0509. The molecule has 128 valence electrons. The predicted molar refractivity (Wildman–Crippen MR) is 94.4 cm³/mol. The van der Waals surface area contributed by atoms with Gasteiger partial charge in [-0.3, -0.25) is 9.59 Å². The van der Waals surface area contributed by atoms with Crippen LogP contribution in [0.5, 0.6) is 0 Å². The van der Waals surface area contributed by atoms with Crippen LogP contribution in [0.4, 0.5) is 10.5 Å². The van der Waals surface area contributed by atoms with Crippen LogP contribution in [0.2, 0.25) is 0 Å². The fourth-order valence-corrected chi connectivity index (χ4v) is 2.56. The summed E-state index contributed by atoms with van der Waals surface area (Å²) in [7, 11) is 0. The third-order valence-electron chi connectivity index (χ3n) is 3.48. The second-order valence-corrected chi connectivity index (χ2v) is 6.22. The molecule has 0 saturated carbocycles. The molecule has 1 aromatic heterocycles. The number of carbonyl (C=O) groups excluding carboxylic acids is 3. The molecule has 4 amide bonds. The number of anilines is 1. The maximum Gasteiger partial charge on any atom is 0.329 e. The minimum atomic E-state index is -0.652. The molecule has 3 rings (SSSR count). The highest BCUT2D eigenvalue weighted by atomic mass is 79.9. The van der Waals surface area contributed by atoms with Gasteiger partial charge in [0.25, 0.3) is 5.91 Å². The number of urea groups is 1. The van der Waals surface area contributed by atoms with Crippen molar-refractivity contribution >= 4 is 45.5 Å². The zero-order chi connectivity index (χ0) is 18.0. The Morgan fingerprint density at radius 2 is 1.96 bits per heavy atom. The highest BCUT2D eigenvalue weighted by Gasteiger charge is 2.35. The van der Waals surface area contributed by atoms with Crippen LogP contribution in [0.1, 0.15) is 11.3 Å². The number of imide groups is 1. The number of aryl methyl sites for hydroxylation is 1. The van der Waals surface area contributed by atoms with Gasteiger partial charge in [0.1, 0.15) is 18.0 Å². The number of rotatable bonds is 4. The van der Waals surface area contributed by atoms with Gasteiger partial charge in [0.2, 0.25) is 5.91 Å². The first kappa shape index (κ1) is 17.0. The molecular formula is C17H14BrN3O4. The standard InChI is InChI=1S/C17H14BrN3O4/c1-10-2-4-11(5-3-10)19-15(22)9-21-16(23)13(20-17(21)24)8-12-6-7-14(18)25-12/h2-8H,9H2,1H3,(H,19,22)(H,20,24)/b13-8+. The third-order valence-corrected chi connectivity index (χ3v) is 3.91. The Kier molecular flexibility index (Phi) is 4.71. The van der Waals surface area contributed by atoms with Gasteiger partial charge in [0, 0.05) is 11.8 Å². The van der Waals surface area contributed by atoms with Gasteiger partial charge in [-0.25, -0.2) is 9.69 Å². The fourth-order valence-electron chi connectivity index (χ4n) is 2.24. The number of furan rings is 1. The van der Waals surface area contributed by atoms with Crippen molar-refractivity contribution in [1.82, 2.24) is 10.2 Å². The van der Waals surface area contributed by atoms with E-state index in [2.05, 4.69) is 26.6 Å². The number of halogens is 1. The highest BCUT2D eigenvalue weighted by molar-refractivity contribution is 9.10. The molecule has 0 spiro atoms. The molecule has 7 nitrogen and oxygen atoms in total. The molecule has 0 radical (unpaired) electrons. The van der Waals surface area contributed by atoms with E-state index >= 15 is 0 Å². The summed E-state index contributed by atoms with van der Waals surface area (Å²) in [5.74, 6) is -0.646. The van der Waals surface area contributed by atoms with E-state index in [9.17, 15) is 14.4 Å². The number of hydrogen-bond acceptors (Lipinski definition) is 4. The molecular weight excluding hydrogens is 390 g/mol. The molecule has 1 saturated heterocycles. The Hall–Kier alpha value is -2.87. The van der Waals surface area contributed by atoms with E-state index in [1.165, 1.54) is 6.08 Å². The number of amides is 4. The van der Waals surface area contributed by atoms with Crippen molar-refractivity contribution in [3.05, 3.63) is 58.1 Å². The van der Waals surface area contributed by atoms with Crippen molar-refractivity contribution < 1.29 is 18.8 Å². The maximum absolute atomic E-state index is 12.3. The summed E-state index contributed by atoms with van der Waals surface area (Å²) in [5, 5.41) is 5.08. The lowest BCUT2D eigenvalue weighted by Gasteiger charge is -2.12. The van der Waals surface area contributed by atoms with Gasteiger partial charge in [-0.15, -0.1) is 0 Å². The van der Waals surface area contributed by atoms with E-state index in [-0.39, 0.29) is 12.2 Å². The van der Waals surface area contributed by atoms with Crippen molar-refractivity contribution in [2.45, 2.75) is 6.92 Å². The number of hydrogen-bond donors (Lipinski definition) is 2.